The number of aliphatic hydroxyl groups is 1. The first-order chi connectivity index (χ1) is 8.97. The molecule has 0 aliphatic carbocycles. The summed E-state index contributed by atoms with van der Waals surface area (Å²) < 4.78 is 16.9. The van der Waals surface area contributed by atoms with Crippen molar-refractivity contribution < 1.29 is 23.5 Å². The van der Waals surface area contributed by atoms with Gasteiger partial charge in [-0.3, -0.25) is 4.79 Å². The second-order valence-electron chi connectivity index (χ2n) is 5.51. The molecule has 1 fully saturated rings. The molecule has 1 aliphatic heterocycles. The lowest BCUT2D eigenvalue weighted by atomic mass is 9.73. The summed E-state index contributed by atoms with van der Waals surface area (Å²) in [5.74, 6) is -0.535. The predicted octanol–water partition coefficient (Wildman–Crippen LogP) is -0.193. The first-order valence-electron chi connectivity index (χ1n) is 6.98. The second kappa shape index (κ2) is 7.54. The molecule has 7 heteroatoms. The lowest BCUT2D eigenvalue weighted by Gasteiger charge is -2.43. The van der Waals surface area contributed by atoms with Crippen molar-refractivity contribution in [2.75, 3.05) is 13.2 Å². The van der Waals surface area contributed by atoms with Gasteiger partial charge in [0.2, 0.25) is 0 Å². The van der Waals surface area contributed by atoms with Crippen LogP contribution in [0.5, 0.6) is 0 Å². The summed E-state index contributed by atoms with van der Waals surface area (Å²) in [5.41, 5.74) is -0.208. The third kappa shape index (κ3) is 4.12. The zero-order valence-corrected chi connectivity index (χ0v) is 15.2. The van der Waals surface area contributed by atoms with Crippen LogP contribution >= 0.6 is 0 Å². The number of hydrogen-bond donors (Lipinski definition) is 1. The van der Waals surface area contributed by atoms with Crippen LogP contribution in [0, 0.1) is 17.3 Å². The van der Waals surface area contributed by atoms with Gasteiger partial charge in [0.15, 0.2) is 19.5 Å². The van der Waals surface area contributed by atoms with Gasteiger partial charge >= 0.3 is 5.97 Å². The van der Waals surface area contributed by atoms with Crippen LogP contribution in [0.25, 0.3) is 0 Å². The molecule has 0 unspecified atom stereocenters. The first kappa shape index (κ1) is 16.8. The van der Waals surface area contributed by atoms with Crippen LogP contribution in [0.4, 0.5) is 0 Å². The van der Waals surface area contributed by atoms with Crippen molar-refractivity contribution in [1.29, 1.82) is 0 Å². The van der Waals surface area contributed by atoms with Crippen molar-refractivity contribution in [1.82, 2.24) is 0 Å². The molecule has 0 radical (unpaired) electrons. The van der Waals surface area contributed by atoms with Crippen LogP contribution in [-0.4, -0.2) is 50.1 Å². The van der Waals surface area contributed by atoms with Crippen molar-refractivity contribution >= 4 is 25.5 Å². The normalized spacial score (nSPS) is 27.3. The van der Waals surface area contributed by atoms with Crippen molar-refractivity contribution in [3.8, 4) is 0 Å². The highest BCUT2D eigenvalue weighted by molar-refractivity contribution is 6.26. The Balaban J connectivity index is 2.76. The van der Waals surface area contributed by atoms with Gasteiger partial charge in [-0.1, -0.05) is 26.9 Å². The van der Waals surface area contributed by atoms with Crippen molar-refractivity contribution in [3.63, 3.8) is 0 Å². The molecule has 0 aromatic rings. The second-order valence-corrected chi connectivity index (χ2v) is 7.33. The van der Waals surface area contributed by atoms with Gasteiger partial charge in [-0.15, -0.1) is 0 Å². The van der Waals surface area contributed by atoms with E-state index in [0.29, 0.717) is 13.0 Å². The Morgan fingerprint density at radius 1 is 1.42 bits per heavy atom. The van der Waals surface area contributed by atoms with E-state index in [1.165, 1.54) is 0 Å². The number of hydrogen-bond acceptors (Lipinski definition) is 5. The lowest BCUT2D eigenvalue weighted by molar-refractivity contribution is -0.172. The summed E-state index contributed by atoms with van der Waals surface area (Å²) in [6, 6.07) is 0. The Hall–Kier alpha value is -0.216. The van der Waals surface area contributed by atoms with Crippen LogP contribution in [-0.2, 0) is 18.4 Å². The van der Waals surface area contributed by atoms with Crippen molar-refractivity contribution in [3.05, 3.63) is 0 Å². The molecular weight excluding hydrogens is 280 g/mol. The van der Waals surface area contributed by atoms with E-state index < -0.39 is 25.4 Å². The molecule has 0 amide bonds. The van der Waals surface area contributed by atoms with E-state index in [9.17, 15) is 9.90 Å². The van der Waals surface area contributed by atoms with Gasteiger partial charge in [-0.2, -0.15) is 0 Å². The molecule has 5 nitrogen and oxygen atoms in total. The number of aliphatic hydroxyl groups excluding tert-OH is 1. The fourth-order valence-corrected chi connectivity index (χ4v) is 4.30. The van der Waals surface area contributed by atoms with E-state index >= 15 is 0 Å². The molecule has 1 N–H and O–H groups in total. The molecule has 0 spiro atoms. The topological polar surface area (TPSA) is 65.0 Å². The van der Waals surface area contributed by atoms with Crippen LogP contribution < -0.4 is 0 Å². The minimum Gasteiger partial charge on any atom is -0.465 e. The minimum absolute atomic E-state index is 0.150. The summed E-state index contributed by atoms with van der Waals surface area (Å²) >= 11 is 0. The number of ether oxygens (including phenoxy) is 1. The lowest BCUT2D eigenvalue weighted by Crippen LogP contribution is -2.47. The molecule has 1 saturated heterocycles. The molecule has 1 rings (SSSR count). The van der Waals surface area contributed by atoms with Crippen molar-refractivity contribution in [2.24, 2.45) is 17.3 Å². The maximum atomic E-state index is 11.5. The van der Waals surface area contributed by atoms with E-state index in [1.54, 1.807) is 0 Å². The SMILES string of the molecule is C[SiH2]OC(O[SiH2]C)C(C)(C)[C@@H]1COC(=O)[C@H](CO)C1. The number of cyclic esters (lactones) is 1. The molecular formula is C12H26O5Si2. The van der Waals surface area contributed by atoms with Crippen molar-refractivity contribution in [2.45, 2.75) is 39.7 Å². The zero-order chi connectivity index (χ0) is 14.5. The average molecular weight is 307 g/mol. The van der Waals surface area contributed by atoms with Gasteiger partial charge in [0, 0.05) is 11.3 Å². The highest BCUT2D eigenvalue weighted by Gasteiger charge is 2.43. The van der Waals surface area contributed by atoms with Gasteiger partial charge in [0.25, 0.3) is 0 Å². The predicted molar refractivity (Wildman–Crippen MR) is 78.2 cm³/mol. The molecule has 1 aliphatic rings. The fourth-order valence-electron chi connectivity index (χ4n) is 2.45. The largest absolute Gasteiger partial charge is 0.465 e. The van der Waals surface area contributed by atoms with Gasteiger partial charge in [0.1, 0.15) is 6.29 Å². The highest BCUT2D eigenvalue weighted by atomic mass is 28.2. The Morgan fingerprint density at radius 2 is 2.00 bits per heavy atom. The van der Waals surface area contributed by atoms with E-state index in [1.807, 2.05) is 0 Å². The quantitative estimate of drug-likeness (QED) is 0.401. The molecule has 0 aromatic carbocycles. The smallest absolute Gasteiger partial charge is 0.311 e. The zero-order valence-electron chi connectivity index (χ0n) is 12.3. The highest BCUT2D eigenvalue weighted by Crippen LogP contribution is 2.39. The summed E-state index contributed by atoms with van der Waals surface area (Å²) in [5, 5.41) is 9.24. The maximum Gasteiger partial charge on any atom is 0.311 e. The Bertz CT molecular complexity index is 292. The van der Waals surface area contributed by atoms with E-state index in [2.05, 4.69) is 26.9 Å². The summed E-state index contributed by atoms with van der Waals surface area (Å²) in [6.07, 6.45) is 0.434. The monoisotopic (exact) mass is 306 g/mol. The Morgan fingerprint density at radius 3 is 2.47 bits per heavy atom. The molecule has 19 heavy (non-hydrogen) atoms. The summed E-state index contributed by atoms with van der Waals surface area (Å²) in [4.78, 5) is 11.5. The third-order valence-corrected chi connectivity index (χ3v) is 5.12. The molecule has 0 saturated carbocycles. The number of rotatable bonds is 7. The maximum absolute atomic E-state index is 11.5. The standard InChI is InChI=1S/C12H26O5Si2/c1-12(2,11(16-18-3)17-19-4)9-5-8(6-13)10(14)15-7-9/h8-9,11,13H,5-7,18-19H2,1-4H3/t8-,9-/m0/s1. The average Bonchev–Trinajstić information content (AvgIpc) is 2.38. The number of carbonyl (C=O) groups is 1. The fraction of sp³-hybridized carbons (Fsp3) is 0.917. The van der Waals surface area contributed by atoms with E-state index in [0.717, 1.165) is 0 Å². The van der Waals surface area contributed by atoms with Crippen LogP contribution in [0.15, 0.2) is 0 Å². The van der Waals surface area contributed by atoms with E-state index in [4.69, 9.17) is 13.6 Å². The Kier molecular flexibility index (Phi) is 6.68. The number of carbonyl (C=O) groups excluding carboxylic acids is 1. The third-order valence-electron chi connectivity index (χ3n) is 3.85. The molecule has 2 atom stereocenters. The van der Waals surface area contributed by atoms with Crippen LogP contribution in [0.1, 0.15) is 20.3 Å². The van der Waals surface area contributed by atoms with E-state index in [-0.39, 0.29) is 30.2 Å². The molecule has 0 aromatic heterocycles. The molecule has 112 valence electrons. The summed E-state index contributed by atoms with van der Waals surface area (Å²) in [7, 11) is -1.12. The Labute approximate surface area is 119 Å². The minimum atomic E-state index is -0.558. The molecule has 1 heterocycles. The summed E-state index contributed by atoms with van der Waals surface area (Å²) in [6.45, 7) is 8.61. The van der Waals surface area contributed by atoms with Gasteiger partial charge in [0.05, 0.1) is 19.1 Å². The van der Waals surface area contributed by atoms with Gasteiger partial charge in [-0.25, -0.2) is 0 Å². The van der Waals surface area contributed by atoms with Gasteiger partial charge < -0.3 is 18.7 Å². The van der Waals surface area contributed by atoms with Crippen LogP contribution in [0.3, 0.4) is 0 Å². The number of esters is 1. The van der Waals surface area contributed by atoms with Crippen LogP contribution in [0.2, 0.25) is 13.1 Å². The molecule has 0 bridgehead atoms. The first-order valence-corrected chi connectivity index (χ1v) is 11.0. The van der Waals surface area contributed by atoms with Gasteiger partial charge in [-0.05, 0) is 6.42 Å².